The summed E-state index contributed by atoms with van der Waals surface area (Å²) in [6, 6.07) is 6.26. The standard InChI is InChI=1S/C13H20N2O2S/c1-10-3-4-11(2)13(7-10)15-5-6-18(16,17)12(8-14)9-15/h3-4,7,12H,5-6,8-9,14H2,1-2H3. The summed E-state index contributed by atoms with van der Waals surface area (Å²) >= 11 is 0. The molecule has 18 heavy (non-hydrogen) atoms. The zero-order chi connectivity index (χ0) is 13.3. The molecular weight excluding hydrogens is 248 g/mol. The van der Waals surface area contributed by atoms with Gasteiger partial charge in [-0.15, -0.1) is 0 Å². The van der Waals surface area contributed by atoms with E-state index in [1.165, 1.54) is 11.1 Å². The van der Waals surface area contributed by atoms with Gasteiger partial charge in [0.05, 0.1) is 11.0 Å². The molecule has 100 valence electrons. The molecule has 1 aliphatic rings. The van der Waals surface area contributed by atoms with E-state index in [0.29, 0.717) is 13.1 Å². The van der Waals surface area contributed by atoms with E-state index in [9.17, 15) is 8.42 Å². The van der Waals surface area contributed by atoms with Crippen LogP contribution in [0.4, 0.5) is 5.69 Å². The van der Waals surface area contributed by atoms with E-state index in [-0.39, 0.29) is 12.3 Å². The molecule has 2 rings (SSSR count). The summed E-state index contributed by atoms with van der Waals surface area (Å²) in [7, 11) is -3.00. The van der Waals surface area contributed by atoms with E-state index < -0.39 is 15.1 Å². The predicted molar refractivity (Wildman–Crippen MR) is 74.8 cm³/mol. The van der Waals surface area contributed by atoms with Crippen LogP contribution in [0.3, 0.4) is 0 Å². The molecule has 1 unspecified atom stereocenters. The van der Waals surface area contributed by atoms with Gasteiger partial charge in [-0.25, -0.2) is 8.42 Å². The number of anilines is 1. The van der Waals surface area contributed by atoms with Crippen LogP contribution in [0.1, 0.15) is 11.1 Å². The highest BCUT2D eigenvalue weighted by molar-refractivity contribution is 7.92. The van der Waals surface area contributed by atoms with Gasteiger partial charge in [0.2, 0.25) is 0 Å². The van der Waals surface area contributed by atoms with Crippen LogP contribution in [0.5, 0.6) is 0 Å². The van der Waals surface area contributed by atoms with Crippen LogP contribution in [0.15, 0.2) is 18.2 Å². The Labute approximate surface area is 109 Å². The molecule has 1 atom stereocenters. The van der Waals surface area contributed by atoms with Gasteiger partial charge in [0.15, 0.2) is 9.84 Å². The molecular formula is C13H20N2O2S. The van der Waals surface area contributed by atoms with Crippen molar-refractivity contribution in [3.8, 4) is 0 Å². The SMILES string of the molecule is Cc1ccc(C)c(N2CCS(=O)(=O)C(CN)C2)c1. The Balaban J connectivity index is 2.28. The lowest BCUT2D eigenvalue weighted by Gasteiger charge is -2.34. The second-order valence-corrected chi connectivity index (χ2v) is 7.36. The summed E-state index contributed by atoms with van der Waals surface area (Å²) in [5.74, 6) is 0.197. The molecule has 0 bridgehead atoms. The summed E-state index contributed by atoms with van der Waals surface area (Å²) in [4.78, 5) is 2.14. The number of aryl methyl sites for hydroxylation is 2. The molecule has 5 heteroatoms. The minimum atomic E-state index is -3.00. The van der Waals surface area contributed by atoms with Gasteiger partial charge in [-0.3, -0.25) is 0 Å². The molecule has 0 saturated carbocycles. The van der Waals surface area contributed by atoms with E-state index in [0.717, 1.165) is 5.69 Å². The van der Waals surface area contributed by atoms with Crippen molar-refractivity contribution in [1.82, 2.24) is 0 Å². The monoisotopic (exact) mass is 268 g/mol. The maximum absolute atomic E-state index is 11.8. The number of rotatable bonds is 2. The Morgan fingerprint density at radius 3 is 2.78 bits per heavy atom. The maximum atomic E-state index is 11.8. The smallest absolute Gasteiger partial charge is 0.157 e. The van der Waals surface area contributed by atoms with Crippen LogP contribution in [0.2, 0.25) is 0 Å². The molecule has 1 aliphatic heterocycles. The van der Waals surface area contributed by atoms with Crippen LogP contribution < -0.4 is 10.6 Å². The quantitative estimate of drug-likeness (QED) is 0.864. The highest BCUT2D eigenvalue weighted by Gasteiger charge is 2.32. The third-order valence-corrected chi connectivity index (χ3v) is 5.65. The van der Waals surface area contributed by atoms with Crippen molar-refractivity contribution in [2.75, 3.05) is 30.3 Å². The first kappa shape index (κ1) is 13.4. The van der Waals surface area contributed by atoms with Gasteiger partial charge in [0, 0.05) is 25.3 Å². The van der Waals surface area contributed by atoms with Gasteiger partial charge in [-0.1, -0.05) is 12.1 Å². The molecule has 4 nitrogen and oxygen atoms in total. The first-order valence-corrected chi connectivity index (χ1v) is 7.89. The lowest BCUT2D eigenvalue weighted by atomic mass is 10.1. The fraction of sp³-hybridized carbons (Fsp3) is 0.538. The Bertz CT molecular complexity index is 540. The zero-order valence-corrected chi connectivity index (χ0v) is 11.7. The topological polar surface area (TPSA) is 63.4 Å². The Kier molecular flexibility index (Phi) is 3.64. The summed E-state index contributed by atoms with van der Waals surface area (Å²) < 4.78 is 23.7. The van der Waals surface area contributed by atoms with Crippen molar-refractivity contribution in [2.45, 2.75) is 19.1 Å². The molecule has 1 saturated heterocycles. The summed E-state index contributed by atoms with van der Waals surface area (Å²) in [5, 5.41) is -0.439. The average molecular weight is 268 g/mol. The van der Waals surface area contributed by atoms with Crippen molar-refractivity contribution < 1.29 is 8.42 Å². The molecule has 1 fully saturated rings. The van der Waals surface area contributed by atoms with Crippen molar-refractivity contribution in [3.63, 3.8) is 0 Å². The minimum Gasteiger partial charge on any atom is -0.369 e. The highest BCUT2D eigenvalue weighted by atomic mass is 32.2. The predicted octanol–water partition coefficient (Wildman–Crippen LogP) is 0.866. The Morgan fingerprint density at radius 2 is 2.11 bits per heavy atom. The van der Waals surface area contributed by atoms with Gasteiger partial charge >= 0.3 is 0 Å². The van der Waals surface area contributed by atoms with Gasteiger partial charge < -0.3 is 10.6 Å². The van der Waals surface area contributed by atoms with Crippen LogP contribution in [0, 0.1) is 13.8 Å². The lowest BCUT2D eigenvalue weighted by molar-refractivity contribution is 0.563. The molecule has 0 aromatic heterocycles. The fourth-order valence-corrected chi connectivity index (χ4v) is 3.86. The number of nitrogens with zero attached hydrogens (tertiary/aromatic N) is 1. The molecule has 1 heterocycles. The van der Waals surface area contributed by atoms with Crippen LogP contribution in [-0.4, -0.2) is 39.1 Å². The molecule has 0 amide bonds. The van der Waals surface area contributed by atoms with Gasteiger partial charge in [0.25, 0.3) is 0 Å². The number of nitrogens with two attached hydrogens (primary N) is 1. The lowest BCUT2D eigenvalue weighted by Crippen LogP contribution is -2.50. The van der Waals surface area contributed by atoms with Crippen LogP contribution in [0.25, 0.3) is 0 Å². The van der Waals surface area contributed by atoms with E-state index in [1.807, 2.05) is 6.92 Å². The average Bonchev–Trinajstić information content (AvgIpc) is 2.32. The van der Waals surface area contributed by atoms with Crippen molar-refractivity contribution in [2.24, 2.45) is 5.73 Å². The van der Waals surface area contributed by atoms with E-state index in [1.54, 1.807) is 0 Å². The third kappa shape index (κ3) is 2.52. The third-order valence-electron chi connectivity index (χ3n) is 3.55. The molecule has 1 aromatic rings. The van der Waals surface area contributed by atoms with Gasteiger partial charge in [-0.05, 0) is 31.0 Å². The van der Waals surface area contributed by atoms with Crippen molar-refractivity contribution in [3.05, 3.63) is 29.3 Å². The summed E-state index contributed by atoms with van der Waals surface area (Å²) in [6.45, 7) is 5.36. The number of sulfone groups is 1. The first-order chi connectivity index (χ1) is 8.44. The number of hydrogen-bond donors (Lipinski definition) is 1. The zero-order valence-electron chi connectivity index (χ0n) is 10.9. The van der Waals surface area contributed by atoms with Crippen LogP contribution in [-0.2, 0) is 9.84 Å². The van der Waals surface area contributed by atoms with Gasteiger partial charge in [-0.2, -0.15) is 0 Å². The van der Waals surface area contributed by atoms with E-state index >= 15 is 0 Å². The van der Waals surface area contributed by atoms with Crippen molar-refractivity contribution >= 4 is 15.5 Å². The molecule has 0 spiro atoms. The largest absolute Gasteiger partial charge is 0.369 e. The minimum absolute atomic E-state index is 0.197. The first-order valence-electron chi connectivity index (χ1n) is 6.18. The Hall–Kier alpha value is -1.07. The van der Waals surface area contributed by atoms with Crippen LogP contribution >= 0.6 is 0 Å². The fourth-order valence-electron chi connectivity index (χ4n) is 2.35. The molecule has 2 N–H and O–H groups in total. The number of benzene rings is 1. The summed E-state index contributed by atoms with van der Waals surface area (Å²) in [5.41, 5.74) is 9.07. The maximum Gasteiger partial charge on any atom is 0.157 e. The van der Waals surface area contributed by atoms with Crippen molar-refractivity contribution in [1.29, 1.82) is 0 Å². The second kappa shape index (κ2) is 4.90. The highest BCUT2D eigenvalue weighted by Crippen LogP contribution is 2.25. The summed E-state index contributed by atoms with van der Waals surface area (Å²) in [6.07, 6.45) is 0. The van der Waals surface area contributed by atoms with E-state index in [4.69, 9.17) is 5.73 Å². The number of hydrogen-bond acceptors (Lipinski definition) is 4. The second-order valence-electron chi connectivity index (χ2n) is 4.96. The van der Waals surface area contributed by atoms with Gasteiger partial charge in [0.1, 0.15) is 0 Å². The molecule has 0 aliphatic carbocycles. The normalized spacial score (nSPS) is 23.1. The molecule has 1 aromatic carbocycles. The van der Waals surface area contributed by atoms with E-state index in [2.05, 4.69) is 30.0 Å². The Morgan fingerprint density at radius 1 is 1.39 bits per heavy atom. The molecule has 0 radical (unpaired) electrons.